The lowest BCUT2D eigenvalue weighted by atomic mass is 10.0. The summed E-state index contributed by atoms with van der Waals surface area (Å²) in [6.45, 7) is 0. The normalized spacial score (nSPS) is 19.7. The lowest BCUT2D eigenvalue weighted by molar-refractivity contribution is -0.150. The number of thioether (sulfide) groups is 2. The predicted molar refractivity (Wildman–Crippen MR) is 146 cm³/mol. The van der Waals surface area contributed by atoms with Crippen LogP contribution in [0.2, 0.25) is 9.36 Å². The minimum Gasteiger partial charge on any atom is -0.477 e. The monoisotopic (exact) mass is 635 g/mol. The van der Waals surface area contributed by atoms with E-state index >= 15 is 0 Å². The average molecular weight is 637 g/mol. The van der Waals surface area contributed by atoms with Crippen molar-refractivity contribution in [3.8, 4) is 0 Å². The fourth-order valence-corrected chi connectivity index (χ4v) is 9.76. The molecule has 1 saturated heterocycles. The highest BCUT2D eigenvalue weighted by molar-refractivity contribution is 8.07. The Kier molecular flexibility index (Phi) is 7.16. The van der Waals surface area contributed by atoms with E-state index in [4.69, 9.17) is 28.9 Å². The summed E-state index contributed by atoms with van der Waals surface area (Å²) >= 11 is 18.0. The Hall–Kier alpha value is -2.34. The molecule has 3 aromatic rings. The predicted octanol–water partition coefficient (Wildman–Crippen LogP) is 3.34. The third-order valence-electron chi connectivity index (χ3n) is 5.20. The lowest BCUT2D eigenvalue weighted by Gasteiger charge is -2.49. The van der Waals surface area contributed by atoms with Gasteiger partial charge in [-0.2, -0.15) is 0 Å². The van der Waals surface area contributed by atoms with Crippen molar-refractivity contribution in [3.63, 3.8) is 0 Å². The van der Waals surface area contributed by atoms with Crippen molar-refractivity contribution in [1.82, 2.24) is 15.2 Å². The molecule has 1 fully saturated rings. The molecule has 2 aliphatic heterocycles. The van der Waals surface area contributed by atoms with Crippen molar-refractivity contribution in [2.24, 2.45) is 5.16 Å². The lowest BCUT2D eigenvalue weighted by Crippen LogP contribution is -2.71. The Balaban J connectivity index is 1.40. The Morgan fingerprint density at radius 1 is 1.30 bits per heavy atom. The quantitative estimate of drug-likeness (QED) is 0.136. The number of nitrogens with zero attached hydrogens (tertiary/aromatic N) is 3. The first-order valence-corrected chi connectivity index (χ1v) is 15.0. The molecular formula is C19H11Cl2N5O6S5. The summed E-state index contributed by atoms with van der Waals surface area (Å²) < 4.78 is 1.69. The van der Waals surface area contributed by atoms with Crippen LogP contribution in [0, 0.1) is 0 Å². The molecule has 18 heteroatoms. The second-order valence-corrected chi connectivity index (χ2v) is 13.8. The second kappa shape index (κ2) is 10.1. The standard InChI is InChI=1S/C19H11Cl2N5O6S5/c20-6-11(27)12-4(1-2-33-12)35-18(6)36-5-3-34-16-9(15(29)26(16)10(5)17(30)31)23-14(28)8(25-32)7-13(21)37-19(22)24-7/h1-2,9,16,32H,3H2,(H2,22,24)(H,23,28)(H,30,31)/t9?,16-/m0/s1. The van der Waals surface area contributed by atoms with Gasteiger partial charge in [0.2, 0.25) is 5.43 Å². The smallest absolute Gasteiger partial charge is 0.353 e. The zero-order valence-electron chi connectivity index (χ0n) is 17.8. The number of aromatic nitrogens is 1. The number of hydrogen-bond acceptors (Lipinski definition) is 13. The molecule has 0 aliphatic carbocycles. The van der Waals surface area contributed by atoms with Crippen molar-refractivity contribution in [2.75, 3.05) is 11.5 Å². The third kappa shape index (κ3) is 4.49. The zero-order chi connectivity index (χ0) is 26.6. The number of carbonyl (C=O) groups is 3. The number of nitrogens with one attached hydrogen (secondary N) is 1. The van der Waals surface area contributed by atoms with Crippen LogP contribution in [0.25, 0.3) is 9.40 Å². The number of nitrogen functional groups attached to an aromatic ring is 1. The van der Waals surface area contributed by atoms with Crippen LogP contribution in [-0.2, 0) is 14.4 Å². The van der Waals surface area contributed by atoms with Crippen molar-refractivity contribution in [3.05, 3.63) is 47.3 Å². The molecule has 2 aliphatic rings. The summed E-state index contributed by atoms with van der Waals surface area (Å²) in [5.41, 5.74) is 4.30. The average Bonchev–Trinajstić information content (AvgIpc) is 3.46. The maximum atomic E-state index is 13.0. The number of carboxylic acid groups (broad SMARTS) is 1. The highest BCUT2D eigenvalue weighted by Crippen LogP contribution is 2.47. The van der Waals surface area contributed by atoms with E-state index in [1.54, 1.807) is 11.4 Å². The molecule has 0 spiro atoms. The molecule has 37 heavy (non-hydrogen) atoms. The van der Waals surface area contributed by atoms with Crippen LogP contribution in [0.15, 0.2) is 36.2 Å². The van der Waals surface area contributed by atoms with Gasteiger partial charge in [-0.25, -0.2) is 9.78 Å². The molecule has 0 radical (unpaired) electrons. The molecule has 5 N–H and O–H groups in total. The van der Waals surface area contributed by atoms with Gasteiger partial charge in [0.15, 0.2) is 10.8 Å². The molecule has 0 saturated carbocycles. The minimum absolute atomic E-state index is 0.00783. The van der Waals surface area contributed by atoms with E-state index in [0.29, 0.717) is 13.8 Å². The van der Waals surface area contributed by atoms with Crippen LogP contribution in [-0.4, -0.2) is 60.9 Å². The summed E-state index contributed by atoms with van der Waals surface area (Å²) in [7, 11) is 0. The number of rotatable bonds is 6. The number of nitrogens with two attached hydrogens (primary N) is 1. The Labute approximate surface area is 236 Å². The number of oxime groups is 1. The first-order chi connectivity index (χ1) is 17.6. The Morgan fingerprint density at radius 2 is 2.05 bits per heavy atom. The number of fused-ring (bicyclic) bond motifs is 2. The molecule has 0 bridgehead atoms. The van der Waals surface area contributed by atoms with Crippen molar-refractivity contribution in [1.29, 1.82) is 0 Å². The number of anilines is 1. The summed E-state index contributed by atoms with van der Waals surface area (Å²) in [5, 5.41) is 25.7. The number of β-lactam (4-membered cyclic amide) rings is 1. The van der Waals surface area contributed by atoms with Crippen molar-refractivity contribution in [2.45, 2.75) is 15.6 Å². The van der Waals surface area contributed by atoms with Crippen molar-refractivity contribution >= 4 is 119 Å². The summed E-state index contributed by atoms with van der Waals surface area (Å²) in [5.74, 6) is -2.76. The summed E-state index contributed by atoms with van der Waals surface area (Å²) in [6, 6.07) is 0.695. The maximum Gasteiger partial charge on any atom is 0.353 e. The molecule has 1 unspecified atom stereocenters. The van der Waals surface area contributed by atoms with E-state index in [0.717, 1.165) is 32.7 Å². The fourth-order valence-electron chi connectivity index (χ4n) is 3.60. The number of thiazole rings is 1. The summed E-state index contributed by atoms with van der Waals surface area (Å²) in [6.07, 6.45) is 0. The highest BCUT2D eigenvalue weighted by Gasteiger charge is 2.54. The van der Waals surface area contributed by atoms with Crippen LogP contribution < -0.4 is 16.5 Å². The van der Waals surface area contributed by atoms with Gasteiger partial charge in [-0.15, -0.1) is 34.4 Å². The first kappa shape index (κ1) is 26.3. The molecule has 11 nitrogen and oxygen atoms in total. The number of carboxylic acids is 1. The second-order valence-electron chi connectivity index (χ2n) is 7.31. The van der Waals surface area contributed by atoms with Crippen LogP contribution >= 0.6 is 80.7 Å². The van der Waals surface area contributed by atoms with Gasteiger partial charge >= 0.3 is 5.97 Å². The van der Waals surface area contributed by atoms with Gasteiger partial charge in [-0.05, 0) is 11.4 Å². The Bertz CT molecular complexity index is 1610. The van der Waals surface area contributed by atoms with Crippen LogP contribution in [0.1, 0.15) is 5.69 Å². The van der Waals surface area contributed by atoms with Gasteiger partial charge in [0, 0.05) is 10.7 Å². The molecule has 2 atom stereocenters. The molecule has 192 valence electrons. The van der Waals surface area contributed by atoms with E-state index in [-0.39, 0.29) is 37.1 Å². The van der Waals surface area contributed by atoms with E-state index in [1.165, 1.54) is 34.4 Å². The van der Waals surface area contributed by atoms with Gasteiger partial charge in [0.1, 0.15) is 32.2 Å². The number of thiophene rings is 1. The van der Waals surface area contributed by atoms with E-state index in [9.17, 15) is 29.5 Å². The number of hydrogen-bond donors (Lipinski definition) is 4. The van der Waals surface area contributed by atoms with Crippen molar-refractivity contribution < 1.29 is 24.7 Å². The number of carbonyl (C=O) groups excluding carboxylic acids is 2. The molecule has 5 rings (SSSR count). The number of halogens is 2. The van der Waals surface area contributed by atoms with E-state index in [1.807, 2.05) is 0 Å². The summed E-state index contributed by atoms with van der Waals surface area (Å²) in [4.78, 5) is 55.8. The maximum absolute atomic E-state index is 13.0. The van der Waals surface area contributed by atoms with Gasteiger partial charge < -0.3 is 21.4 Å². The molecular weight excluding hydrogens is 625 g/mol. The van der Waals surface area contributed by atoms with Crippen LogP contribution in [0.3, 0.4) is 0 Å². The molecule has 3 aromatic heterocycles. The third-order valence-corrected chi connectivity index (χ3v) is 11.8. The Morgan fingerprint density at radius 3 is 2.70 bits per heavy atom. The van der Waals surface area contributed by atoms with E-state index < -0.39 is 34.9 Å². The van der Waals surface area contributed by atoms with Gasteiger partial charge in [0.05, 0.1) is 13.6 Å². The van der Waals surface area contributed by atoms with E-state index in [2.05, 4.69) is 15.5 Å². The van der Waals surface area contributed by atoms with Gasteiger partial charge in [0.25, 0.3) is 11.8 Å². The topological polar surface area (TPSA) is 175 Å². The fraction of sp³-hybridized carbons (Fsp3) is 0.158. The van der Waals surface area contributed by atoms with Crippen LogP contribution in [0.4, 0.5) is 5.13 Å². The first-order valence-electron chi connectivity index (χ1n) is 9.86. The SMILES string of the molecule is Nc1nc(C(=NO)C(=O)NC2C(=O)N3C(C(=O)O)=C(Sc4sc5ccsc5c(=O)c4Cl)CS[C@@H]23)c(Cl)s1. The van der Waals surface area contributed by atoms with Crippen LogP contribution in [0.5, 0.6) is 0 Å². The number of aliphatic carboxylic acids is 1. The number of amides is 2. The van der Waals surface area contributed by atoms with Gasteiger partial charge in [-0.1, -0.05) is 51.5 Å². The largest absolute Gasteiger partial charge is 0.477 e. The minimum atomic E-state index is -1.34. The zero-order valence-corrected chi connectivity index (χ0v) is 23.4. The highest BCUT2D eigenvalue weighted by atomic mass is 35.5. The van der Waals surface area contributed by atoms with Gasteiger partial charge in [-0.3, -0.25) is 19.3 Å². The molecule has 0 aromatic carbocycles. The molecule has 5 heterocycles. The molecule has 2 amide bonds.